The van der Waals surface area contributed by atoms with Gasteiger partial charge in [0.25, 0.3) is 0 Å². The molecule has 4 heteroatoms. The van der Waals surface area contributed by atoms with Crippen LogP contribution >= 0.6 is 0 Å². The molecule has 98 valence electrons. The van der Waals surface area contributed by atoms with Gasteiger partial charge in [0.15, 0.2) is 5.78 Å². The first-order chi connectivity index (χ1) is 9.06. The third-order valence-electron chi connectivity index (χ3n) is 2.88. The van der Waals surface area contributed by atoms with Crippen LogP contribution in [0.15, 0.2) is 42.5 Å². The monoisotopic (exact) mass is 258 g/mol. The summed E-state index contributed by atoms with van der Waals surface area (Å²) in [4.78, 5) is 12.0. The summed E-state index contributed by atoms with van der Waals surface area (Å²) in [7, 11) is 0. The minimum absolute atomic E-state index is 0.0871. The molecule has 0 spiro atoms. The van der Waals surface area contributed by atoms with Crippen molar-refractivity contribution in [3.63, 3.8) is 0 Å². The van der Waals surface area contributed by atoms with Gasteiger partial charge in [-0.1, -0.05) is 18.2 Å². The van der Waals surface area contributed by atoms with E-state index in [1.807, 2.05) is 13.0 Å². The Morgan fingerprint density at radius 3 is 2.74 bits per heavy atom. The van der Waals surface area contributed by atoms with Crippen LogP contribution in [0, 0.1) is 12.7 Å². The number of Topliss-reactive ketones (excluding diaryl/α,β-unsaturated/α-hetero) is 1. The van der Waals surface area contributed by atoms with E-state index in [1.165, 1.54) is 12.1 Å². The van der Waals surface area contributed by atoms with Crippen molar-refractivity contribution in [1.82, 2.24) is 0 Å². The molecule has 0 unspecified atom stereocenters. The second-order valence-corrected chi connectivity index (χ2v) is 4.36. The van der Waals surface area contributed by atoms with E-state index in [0.717, 1.165) is 5.56 Å². The standard InChI is InChI=1S/C15H15FN2O/c1-10-5-6-11(7-14(10)17)15(19)9-18-13-4-2-3-12(16)8-13/h2-8,18H,9,17H2,1H3. The lowest BCUT2D eigenvalue weighted by Gasteiger charge is -2.07. The first-order valence-electron chi connectivity index (χ1n) is 5.95. The Kier molecular flexibility index (Phi) is 3.80. The molecule has 0 amide bonds. The first-order valence-corrected chi connectivity index (χ1v) is 5.95. The number of aryl methyl sites for hydroxylation is 1. The van der Waals surface area contributed by atoms with E-state index in [9.17, 15) is 9.18 Å². The predicted octanol–water partition coefficient (Wildman–Crippen LogP) is 3.01. The van der Waals surface area contributed by atoms with Crippen LogP contribution in [0.1, 0.15) is 15.9 Å². The summed E-state index contributed by atoms with van der Waals surface area (Å²) in [5.41, 5.74) is 8.42. The van der Waals surface area contributed by atoms with Crippen molar-refractivity contribution in [3.05, 3.63) is 59.4 Å². The molecule has 3 N–H and O–H groups in total. The Morgan fingerprint density at radius 2 is 2.05 bits per heavy atom. The second-order valence-electron chi connectivity index (χ2n) is 4.36. The molecular formula is C15H15FN2O. The lowest BCUT2D eigenvalue weighted by atomic mass is 10.1. The van der Waals surface area contributed by atoms with Gasteiger partial charge in [-0.15, -0.1) is 0 Å². The number of carbonyl (C=O) groups is 1. The Labute approximate surface area is 111 Å². The van der Waals surface area contributed by atoms with E-state index >= 15 is 0 Å². The van der Waals surface area contributed by atoms with Crippen LogP contribution in [0.4, 0.5) is 15.8 Å². The van der Waals surface area contributed by atoms with Crippen LogP contribution in [0.25, 0.3) is 0 Å². The van der Waals surface area contributed by atoms with Crippen LogP contribution in [-0.4, -0.2) is 12.3 Å². The lowest BCUT2D eigenvalue weighted by Crippen LogP contribution is -2.14. The molecule has 0 heterocycles. The van der Waals surface area contributed by atoms with Crippen LogP contribution in [0.2, 0.25) is 0 Å². The van der Waals surface area contributed by atoms with Gasteiger partial charge in [0.1, 0.15) is 5.82 Å². The molecule has 2 aromatic carbocycles. The molecule has 2 aromatic rings. The molecule has 0 aromatic heterocycles. The highest BCUT2D eigenvalue weighted by molar-refractivity contribution is 5.99. The van der Waals surface area contributed by atoms with Gasteiger partial charge in [0.2, 0.25) is 0 Å². The summed E-state index contributed by atoms with van der Waals surface area (Å²) in [5.74, 6) is -0.423. The summed E-state index contributed by atoms with van der Waals surface area (Å²) in [5, 5.41) is 2.89. The number of nitrogen functional groups attached to an aromatic ring is 1. The topological polar surface area (TPSA) is 55.1 Å². The molecule has 0 atom stereocenters. The zero-order chi connectivity index (χ0) is 13.8. The second kappa shape index (κ2) is 5.52. The highest BCUT2D eigenvalue weighted by Gasteiger charge is 2.07. The molecule has 19 heavy (non-hydrogen) atoms. The van der Waals surface area contributed by atoms with E-state index in [0.29, 0.717) is 16.9 Å². The molecule has 3 nitrogen and oxygen atoms in total. The average molecular weight is 258 g/mol. The Hall–Kier alpha value is -2.36. The SMILES string of the molecule is Cc1ccc(C(=O)CNc2cccc(F)c2)cc1N. The number of nitrogens with two attached hydrogens (primary N) is 1. The number of hydrogen-bond acceptors (Lipinski definition) is 3. The van der Waals surface area contributed by atoms with Crippen molar-refractivity contribution < 1.29 is 9.18 Å². The average Bonchev–Trinajstić information content (AvgIpc) is 2.39. The maximum absolute atomic E-state index is 13.0. The summed E-state index contributed by atoms with van der Waals surface area (Å²) in [6.07, 6.45) is 0. The smallest absolute Gasteiger partial charge is 0.181 e. The number of benzene rings is 2. The largest absolute Gasteiger partial charge is 0.398 e. The van der Waals surface area contributed by atoms with Gasteiger partial charge < -0.3 is 11.1 Å². The van der Waals surface area contributed by atoms with Gasteiger partial charge >= 0.3 is 0 Å². The Balaban J connectivity index is 2.03. The molecular weight excluding hydrogens is 243 g/mol. The van der Waals surface area contributed by atoms with E-state index in [4.69, 9.17) is 5.73 Å². The highest BCUT2D eigenvalue weighted by Crippen LogP contribution is 2.14. The summed E-state index contributed by atoms with van der Waals surface area (Å²) in [6, 6.07) is 11.2. The first kappa shape index (κ1) is 13.1. The van der Waals surface area contributed by atoms with E-state index < -0.39 is 0 Å². The van der Waals surface area contributed by atoms with Gasteiger partial charge in [-0.3, -0.25) is 4.79 Å². The number of carbonyl (C=O) groups excluding carboxylic acids is 1. The number of ketones is 1. The van der Waals surface area contributed by atoms with Crippen molar-refractivity contribution >= 4 is 17.2 Å². The minimum Gasteiger partial charge on any atom is -0.398 e. The van der Waals surface area contributed by atoms with Crippen LogP contribution in [0.5, 0.6) is 0 Å². The summed E-state index contributed by atoms with van der Waals surface area (Å²) < 4.78 is 13.0. The quantitative estimate of drug-likeness (QED) is 0.654. The lowest BCUT2D eigenvalue weighted by molar-refractivity contribution is 0.101. The normalized spacial score (nSPS) is 10.2. The van der Waals surface area contributed by atoms with Gasteiger partial charge in [0, 0.05) is 16.9 Å². The fourth-order valence-corrected chi connectivity index (χ4v) is 1.70. The number of nitrogens with one attached hydrogen (secondary N) is 1. The van der Waals surface area contributed by atoms with E-state index in [2.05, 4.69) is 5.32 Å². The molecule has 2 rings (SSSR count). The van der Waals surface area contributed by atoms with Crippen molar-refractivity contribution in [2.75, 3.05) is 17.6 Å². The number of hydrogen-bond donors (Lipinski definition) is 2. The fourth-order valence-electron chi connectivity index (χ4n) is 1.70. The molecule has 0 aliphatic heterocycles. The van der Waals surface area contributed by atoms with Gasteiger partial charge in [-0.25, -0.2) is 4.39 Å². The zero-order valence-electron chi connectivity index (χ0n) is 10.6. The third-order valence-corrected chi connectivity index (χ3v) is 2.88. The van der Waals surface area contributed by atoms with Crippen LogP contribution in [-0.2, 0) is 0 Å². The summed E-state index contributed by atoms with van der Waals surface area (Å²) in [6.45, 7) is 1.99. The van der Waals surface area contributed by atoms with E-state index in [1.54, 1.807) is 24.3 Å². The Bertz CT molecular complexity index is 611. The molecule has 0 aliphatic rings. The fraction of sp³-hybridized carbons (Fsp3) is 0.133. The van der Waals surface area contributed by atoms with Crippen molar-refractivity contribution in [2.24, 2.45) is 0 Å². The molecule has 0 radical (unpaired) electrons. The number of rotatable bonds is 4. The van der Waals surface area contributed by atoms with Gasteiger partial charge in [-0.05, 0) is 36.8 Å². The van der Waals surface area contributed by atoms with Crippen LogP contribution in [0.3, 0.4) is 0 Å². The van der Waals surface area contributed by atoms with Gasteiger partial charge in [-0.2, -0.15) is 0 Å². The van der Waals surface area contributed by atoms with Crippen molar-refractivity contribution in [1.29, 1.82) is 0 Å². The Morgan fingerprint density at radius 1 is 1.26 bits per heavy atom. The molecule has 0 aliphatic carbocycles. The highest BCUT2D eigenvalue weighted by atomic mass is 19.1. The van der Waals surface area contributed by atoms with Crippen LogP contribution < -0.4 is 11.1 Å². The zero-order valence-corrected chi connectivity index (χ0v) is 10.6. The van der Waals surface area contributed by atoms with Crippen molar-refractivity contribution in [2.45, 2.75) is 6.92 Å². The molecule has 0 saturated heterocycles. The predicted molar refractivity (Wildman–Crippen MR) is 74.8 cm³/mol. The van der Waals surface area contributed by atoms with E-state index in [-0.39, 0.29) is 18.1 Å². The minimum atomic E-state index is -0.336. The molecule has 0 bridgehead atoms. The maximum atomic E-state index is 13.0. The molecule has 0 saturated carbocycles. The van der Waals surface area contributed by atoms with Crippen molar-refractivity contribution in [3.8, 4) is 0 Å². The molecule has 0 fully saturated rings. The third kappa shape index (κ3) is 3.31. The number of halogens is 1. The maximum Gasteiger partial charge on any atom is 0.181 e. The van der Waals surface area contributed by atoms with Gasteiger partial charge in [0.05, 0.1) is 6.54 Å². The number of anilines is 2. The summed E-state index contributed by atoms with van der Waals surface area (Å²) >= 11 is 0.